The lowest BCUT2D eigenvalue weighted by molar-refractivity contribution is -0.0267. The van der Waals surface area contributed by atoms with Crippen molar-refractivity contribution in [1.82, 2.24) is 5.32 Å². The molecular weight excluding hydrogens is 286 g/mol. The minimum atomic E-state index is -2.94. The molecule has 0 aromatic rings. The summed E-state index contributed by atoms with van der Waals surface area (Å²) in [7, 11) is -2.94. The fraction of sp³-hybridized carbons (Fsp3) is 1.00. The molecule has 2 aliphatic rings. The molecule has 4 nitrogen and oxygen atoms in total. The van der Waals surface area contributed by atoms with Crippen molar-refractivity contribution in [1.29, 1.82) is 0 Å². The fourth-order valence-corrected chi connectivity index (χ4v) is 4.80. The molecule has 0 aromatic carbocycles. The fourth-order valence-electron chi connectivity index (χ4n) is 3.62. The predicted molar refractivity (Wildman–Crippen MR) is 86.1 cm³/mol. The second-order valence-corrected chi connectivity index (χ2v) is 10.4. The van der Waals surface area contributed by atoms with Crippen molar-refractivity contribution >= 4 is 9.84 Å². The first kappa shape index (κ1) is 17.2. The molecule has 0 aliphatic heterocycles. The number of sulfone groups is 1. The molecule has 0 heterocycles. The number of hydrogen-bond donors (Lipinski definition) is 2. The van der Waals surface area contributed by atoms with Crippen molar-refractivity contribution in [3.8, 4) is 0 Å². The van der Waals surface area contributed by atoms with Crippen LogP contribution in [0.25, 0.3) is 0 Å². The van der Waals surface area contributed by atoms with Crippen LogP contribution in [0.1, 0.15) is 65.2 Å². The van der Waals surface area contributed by atoms with Gasteiger partial charge in [-0.05, 0) is 50.4 Å². The highest BCUT2D eigenvalue weighted by Crippen LogP contribution is 2.40. The lowest BCUT2D eigenvalue weighted by atomic mass is 9.71. The average molecular weight is 317 g/mol. The highest BCUT2D eigenvalue weighted by atomic mass is 32.2. The van der Waals surface area contributed by atoms with E-state index in [4.69, 9.17) is 0 Å². The second-order valence-electron chi connectivity index (χ2n) is 8.08. The number of nitrogens with one attached hydrogen (secondary N) is 1. The first-order chi connectivity index (χ1) is 9.60. The van der Waals surface area contributed by atoms with E-state index >= 15 is 0 Å². The van der Waals surface area contributed by atoms with Gasteiger partial charge >= 0.3 is 0 Å². The summed E-state index contributed by atoms with van der Waals surface area (Å²) < 4.78 is 23.4. The lowest BCUT2D eigenvalue weighted by Crippen LogP contribution is -2.49. The maximum absolute atomic E-state index is 11.7. The van der Waals surface area contributed by atoms with E-state index in [-0.39, 0.29) is 11.3 Å². The Hall–Kier alpha value is -0.130. The van der Waals surface area contributed by atoms with Crippen molar-refractivity contribution in [3.05, 3.63) is 0 Å². The standard InChI is InChI=1S/C16H31NO3S/c1-15(2)7-9-16(18,10-8-15)12-17-13-5-4-6-14(11-13)21(3,19)20/h13-14,17-18H,4-12H2,1-3H3. The molecule has 0 aromatic heterocycles. The summed E-state index contributed by atoms with van der Waals surface area (Å²) in [5.41, 5.74) is -0.258. The van der Waals surface area contributed by atoms with Crippen molar-refractivity contribution in [2.75, 3.05) is 12.8 Å². The molecule has 5 heteroatoms. The maximum Gasteiger partial charge on any atom is 0.150 e. The van der Waals surface area contributed by atoms with E-state index < -0.39 is 15.4 Å². The van der Waals surface area contributed by atoms with Gasteiger partial charge in [0.1, 0.15) is 9.84 Å². The Morgan fingerprint density at radius 3 is 2.33 bits per heavy atom. The van der Waals surface area contributed by atoms with Crippen LogP contribution in [-0.4, -0.2) is 43.2 Å². The lowest BCUT2D eigenvalue weighted by Gasteiger charge is -2.41. The molecule has 21 heavy (non-hydrogen) atoms. The third kappa shape index (κ3) is 4.93. The summed E-state index contributed by atoms with van der Waals surface area (Å²) in [5, 5.41) is 13.9. The molecule has 2 atom stereocenters. The van der Waals surface area contributed by atoms with Crippen LogP contribution in [0.4, 0.5) is 0 Å². The third-order valence-electron chi connectivity index (χ3n) is 5.49. The molecule has 2 rings (SSSR count). The second kappa shape index (κ2) is 6.17. The van der Waals surface area contributed by atoms with Gasteiger partial charge in [0.05, 0.1) is 10.9 Å². The highest BCUT2D eigenvalue weighted by Gasteiger charge is 2.37. The first-order valence-electron chi connectivity index (χ1n) is 8.24. The Kier molecular flexibility index (Phi) is 5.06. The van der Waals surface area contributed by atoms with E-state index in [1.165, 1.54) is 6.26 Å². The number of aliphatic hydroxyl groups is 1. The zero-order valence-corrected chi connectivity index (χ0v) is 14.5. The molecule has 2 N–H and O–H groups in total. The van der Waals surface area contributed by atoms with Crippen LogP contribution in [0.5, 0.6) is 0 Å². The van der Waals surface area contributed by atoms with E-state index in [0.29, 0.717) is 18.4 Å². The van der Waals surface area contributed by atoms with Gasteiger partial charge in [-0.3, -0.25) is 0 Å². The van der Waals surface area contributed by atoms with Gasteiger partial charge in [0.2, 0.25) is 0 Å². The summed E-state index contributed by atoms with van der Waals surface area (Å²) in [6.45, 7) is 5.12. The van der Waals surface area contributed by atoms with Crippen LogP contribution < -0.4 is 5.32 Å². The van der Waals surface area contributed by atoms with Gasteiger partial charge in [-0.15, -0.1) is 0 Å². The van der Waals surface area contributed by atoms with E-state index in [1.807, 2.05) is 0 Å². The molecular formula is C16H31NO3S. The van der Waals surface area contributed by atoms with Crippen LogP contribution >= 0.6 is 0 Å². The predicted octanol–water partition coefficient (Wildman–Crippen LogP) is 2.26. The molecule has 2 unspecified atom stereocenters. The summed E-state index contributed by atoms with van der Waals surface area (Å²) in [6.07, 6.45) is 8.61. The largest absolute Gasteiger partial charge is 0.389 e. The molecule has 0 radical (unpaired) electrons. The molecule has 0 bridgehead atoms. The van der Waals surface area contributed by atoms with E-state index in [2.05, 4.69) is 19.2 Å². The topological polar surface area (TPSA) is 66.4 Å². The van der Waals surface area contributed by atoms with E-state index in [1.54, 1.807) is 0 Å². The molecule has 124 valence electrons. The SMILES string of the molecule is CC1(C)CCC(O)(CNC2CCCC(S(C)(=O)=O)C2)CC1. The quantitative estimate of drug-likeness (QED) is 0.835. The van der Waals surface area contributed by atoms with Gasteiger partial charge in [-0.1, -0.05) is 20.3 Å². The molecule has 0 saturated heterocycles. The van der Waals surface area contributed by atoms with Crippen molar-refractivity contribution in [2.24, 2.45) is 5.41 Å². The summed E-state index contributed by atoms with van der Waals surface area (Å²) >= 11 is 0. The number of hydrogen-bond acceptors (Lipinski definition) is 4. The minimum Gasteiger partial charge on any atom is -0.389 e. The Morgan fingerprint density at radius 2 is 1.76 bits per heavy atom. The molecule has 0 amide bonds. The van der Waals surface area contributed by atoms with Crippen molar-refractivity contribution < 1.29 is 13.5 Å². The Balaban J connectivity index is 1.83. The van der Waals surface area contributed by atoms with Crippen molar-refractivity contribution in [2.45, 2.75) is 82.1 Å². The normalized spacial score (nSPS) is 32.8. The van der Waals surface area contributed by atoms with Crippen LogP contribution in [-0.2, 0) is 9.84 Å². The van der Waals surface area contributed by atoms with Crippen LogP contribution in [0.15, 0.2) is 0 Å². The molecule has 0 spiro atoms. The average Bonchev–Trinajstić information content (AvgIpc) is 2.40. The number of rotatable bonds is 4. The van der Waals surface area contributed by atoms with Gasteiger partial charge in [0.25, 0.3) is 0 Å². The monoisotopic (exact) mass is 317 g/mol. The molecule has 2 fully saturated rings. The van der Waals surface area contributed by atoms with Crippen LogP contribution in [0.2, 0.25) is 0 Å². The summed E-state index contributed by atoms with van der Waals surface area (Å²) in [5.74, 6) is 0. The maximum atomic E-state index is 11.7. The third-order valence-corrected chi connectivity index (χ3v) is 7.12. The van der Waals surface area contributed by atoms with Crippen LogP contribution in [0, 0.1) is 5.41 Å². The molecule has 2 saturated carbocycles. The first-order valence-corrected chi connectivity index (χ1v) is 10.2. The Morgan fingerprint density at radius 1 is 1.14 bits per heavy atom. The zero-order chi connectivity index (χ0) is 15.7. The van der Waals surface area contributed by atoms with Crippen molar-refractivity contribution in [3.63, 3.8) is 0 Å². The Labute approximate surface area is 129 Å². The van der Waals surface area contributed by atoms with Crippen LogP contribution in [0.3, 0.4) is 0 Å². The summed E-state index contributed by atoms with van der Waals surface area (Å²) in [6, 6.07) is 0.234. The van der Waals surface area contributed by atoms with E-state index in [9.17, 15) is 13.5 Å². The minimum absolute atomic E-state index is 0.205. The van der Waals surface area contributed by atoms with Gasteiger partial charge in [-0.25, -0.2) is 8.42 Å². The Bertz CT molecular complexity index is 448. The van der Waals surface area contributed by atoms with E-state index in [0.717, 1.165) is 44.9 Å². The summed E-state index contributed by atoms with van der Waals surface area (Å²) in [4.78, 5) is 0. The smallest absolute Gasteiger partial charge is 0.150 e. The van der Waals surface area contributed by atoms with Gasteiger partial charge in [-0.2, -0.15) is 0 Å². The van der Waals surface area contributed by atoms with Gasteiger partial charge < -0.3 is 10.4 Å². The van der Waals surface area contributed by atoms with Gasteiger partial charge in [0, 0.05) is 18.8 Å². The molecule has 2 aliphatic carbocycles. The zero-order valence-electron chi connectivity index (χ0n) is 13.7. The van der Waals surface area contributed by atoms with Gasteiger partial charge in [0.15, 0.2) is 0 Å². The highest BCUT2D eigenvalue weighted by molar-refractivity contribution is 7.91.